The van der Waals surface area contributed by atoms with Crippen molar-refractivity contribution in [3.05, 3.63) is 28.8 Å². The van der Waals surface area contributed by atoms with Crippen molar-refractivity contribution < 1.29 is 0 Å². The van der Waals surface area contributed by atoms with Crippen molar-refractivity contribution in [1.29, 1.82) is 0 Å². The summed E-state index contributed by atoms with van der Waals surface area (Å²) in [5, 5.41) is 0.828. The standard InChI is InChI=1S/C12H18ClNS/c1-12(2,3)15-11-6-4-5-10(13)9(11)7-8-14/h4-6H,7-8,14H2,1-3H3. The highest BCUT2D eigenvalue weighted by atomic mass is 35.5. The third-order valence-electron chi connectivity index (χ3n) is 1.89. The Morgan fingerprint density at radius 3 is 2.53 bits per heavy atom. The highest BCUT2D eigenvalue weighted by molar-refractivity contribution is 8.00. The molecule has 0 aliphatic carbocycles. The van der Waals surface area contributed by atoms with Crippen LogP contribution in [0.25, 0.3) is 0 Å². The molecule has 0 unspecified atom stereocenters. The second kappa shape index (κ2) is 5.24. The van der Waals surface area contributed by atoms with Crippen LogP contribution in [0.3, 0.4) is 0 Å². The molecule has 1 aromatic carbocycles. The van der Waals surface area contributed by atoms with Crippen LogP contribution >= 0.6 is 23.4 Å². The summed E-state index contributed by atoms with van der Waals surface area (Å²) in [6, 6.07) is 6.04. The van der Waals surface area contributed by atoms with Gasteiger partial charge in [0.05, 0.1) is 0 Å². The first-order chi connectivity index (χ1) is 6.94. The molecule has 0 amide bonds. The number of nitrogens with two attached hydrogens (primary N) is 1. The van der Waals surface area contributed by atoms with E-state index in [1.807, 2.05) is 23.9 Å². The summed E-state index contributed by atoms with van der Waals surface area (Å²) in [7, 11) is 0. The summed E-state index contributed by atoms with van der Waals surface area (Å²) in [6.07, 6.45) is 0.845. The van der Waals surface area contributed by atoms with Gasteiger partial charge in [-0.1, -0.05) is 38.4 Å². The van der Waals surface area contributed by atoms with Gasteiger partial charge in [-0.3, -0.25) is 0 Å². The van der Waals surface area contributed by atoms with Crippen molar-refractivity contribution in [2.45, 2.75) is 36.8 Å². The first-order valence-electron chi connectivity index (χ1n) is 5.10. The van der Waals surface area contributed by atoms with Crippen molar-refractivity contribution >= 4 is 23.4 Å². The van der Waals surface area contributed by atoms with E-state index >= 15 is 0 Å². The maximum absolute atomic E-state index is 6.17. The monoisotopic (exact) mass is 243 g/mol. The SMILES string of the molecule is CC(C)(C)Sc1cccc(Cl)c1CCN. The molecule has 0 saturated carbocycles. The highest BCUT2D eigenvalue weighted by Crippen LogP contribution is 2.36. The van der Waals surface area contributed by atoms with Crippen LogP contribution in [0.5, 0.6) is 0 Å². The van der Waals surface area contributed by atoms with Crippen molar-refractivity contribution in [3.8, 4) is 0 Å². The fourth-order valence-electron chi connectivity index (χ4n) is 1.35. The van der Waals surface area contributed by atoms with Gasteiger partial charge in [0.15, 0.2) is 0 Å². The molecule has 1 rings (SSSR count). The van der Waals surface area contributed by atoms with Crippen LogP contribution in [0.4, 0.5) is 0 Å². The smallest absolute Gasteiger partial charge is 0.0449 e. The lowest BCUT2D eigenvalue weighted by molar-refractivity contribution is 0.800. The molecule has 0 atom stereocenters. The summed E-state index contributed by atoms with van der Waals surface area (Å²) in [5.74, 6) is 0. The van der Waals surface area contributed by atoms with Crippen LogP contribution in [0.15, 0.2) is 23.1 Å². The Labute approximate surface area is 101 Å². The summed E-state index contributed by atoms with van der Waals surface area (Å²) in [4.78, 5) is 1.25. The van der Waals surface area contributed by atoms with Gasteiger partial charge in [-0.15, -0.1) is 11.8 Å². The van der Waals surface area contributed by atoms with Gasteiger partial charge >= 0.3 is 0 Å². The van der Waals surface area contributed by atoms with E-state index in [0.29, 0.717) is 6.54 Å². The van der Waals surface area contributed by atoms with E-state index in [1.165, 1.54) is 10.5 Å². The molecule has 0 fully saturated rings. The average Bonchev–Trinajstić information content (AvgIpc) is 2.08. The Bertz CT molecular complexity index is 331. The van der Waals surface area contributed by atoms with E-state index in [-0.39, 0.29) is 4.75 Å². The molecular formula is C12H18ClNS. The number of hydrogen-bond donors (Lipinski definition) is 1. The Morgan fingerprint density at radius 2 is 2.00 bits per heavy atom. The maximum atomic E-state index is 6.17. The zero-order chi connectivity index (χ0) is 11.5. The van der Waals surface area contributed by atoms with Crippen LogP contribution in [0.2, 0.25) is 5.02 Å². The molecule has 0 radical (unpaired) electrons. The van der Waals surface area contributed by atoms with Crippen LogP contribution in [-0.4, -0.2) is 11.3 Å². The Hall–Kier alpha value is -0.180. The average molecular weight is 244 g/mol. The first kappa shape index (κ1) is 12.9. The molecule has 0 bridgehead atoms. The minimum absolute atomic E-state index is 0.202. The first-order valence-corrected chi connectivity index (χ1v) is 6.30. The number of thioether (sulfide) groups is 1. The van der Waals surface area contributed by atoms with Crippen molar-refractivity contribution in [2.75, 3.05) is 6.54 Å². The minimum atomic E-state index is 0.202. The van der Waals surface area contributed by atoms with E-state index in [9.17, 15) is 0 Å². The second-order valence-electron chi connectivity index (χ2n) is 4.47. The topological polar surface area (TPSA) is 26.0 Å². The molecule has 2 N–H and O–H groups in total. The molecule has 1 aromatic rings. The van der Waals surface area contributed by atoms with Gasteiger partial charge in [0, 0.05) is 14.7 Å². The fraction of sp³-hybridized carbons (Fsp3) is 0.500. The lowest BCUT2D eigenvalue weighted by Crippen LogP contribution is -2.09. The molecule has 84 valence electrons. The number of halogens is 1. The predicted molar refractivity (Wildman–Crippen MR) is 69.8 cm³/mol. The van der Waals surface area contributed by atoms with Crippen LogP contribution in [0, 0.1) is 0 Å². The fourth-order valence-corrected chi connectivity index (χ4v) is 2.82. The van der Waals surface area contributed by atoms with Crippen molar-refractivity contribution in [3.63, 3.8) is 0 Å². The van der Waals surface area contributed by atoms with Gasteiger partial charge in [-0.25, -0.2) is 0 Å². The van der Waals surface area contributed by atoms with Crippen molar-refractivity contribution in [1.82, 2.24) is 0 Å². The Morgan fingerprint density at radius 1 is 1.33 bits per heavy atom. The zero-order valence-corrected chi connectivity index (χ0v) is 11.1. The molecule has 15 heavy (non-hydrogen) atoms. The summed E-state index contributed by atoms with van der Waals surface area (Å²) in [6.45, 7) is 7.24. The van der Waals surface area contributed by atoms with E-state index in [2.05, 4.69) is 26.8 Å². The molecule has 0 spiro atoms. The van der Waals surface area contributed by atoms with Gasteiger partial charge < -0.3 is 5.73 Å². The van der Waals surface area contributed by atoms with E-state index in [4.69, 9.17) is 17.3 Å². The molecule has 0 heterocycles. The third kappa shape index (κ3) is 4.06. The maximum Gasteiger partial charge on any atom is 0.0449 e. The van der Waals surface area contributed by atoms with Gasteiger partial charge in [0.1, 0.15) is 0 Å². The molecule has 0 aromatic heterocycles. The Balaban J connectivity index is 3.00. The lowest BCUT2D eigenvalue weighted by atomic mass is 10.1. The Kier molecular flexibility index (Phi) is 4.50. The van der Waals surface area contributed by atoms with E-state index in [1.54, 1.807) is 0 Å². The zero-order valence-electron chi connectivity index (χ0n) is 9.51. The summed E-state index contributed by atoms with van der Waals surface area (Å²) in [5.41, 5.74) is 6.78. The van der Waals surface area contributed by atoms with E-state index < -0.39 is 0 Å². The normalized spacial score (nSPS) is 11.8. The number of benzene rings is 1. The van der Waals surface area contributed by atoms with Crippen LogP contribution in [-0.2, 0) is 6.42 Å². The predicted octanol–water partition coefficient (Wildman–Crippen LogP) is 3.73. The molecule has 3 heteroatoms. The quantitative estimate of drug-likeness (QED) is 0.819. The van der Waals surface area contributed by atoms with E-state index in [0.717, 1.165) is 11.4 Å². The minimum Gasteiger partial charge on any atom is -0.330 e. The third-order valence-corrected chi connectivity index (χ3v) is 3.46. The van der Waals surface area contributed by atoms with Crippen LogP contribution < -0.4 is 5.73 Å². The number of hydrogen-bond acceptors (Lipinski definition) is 2. The highest BCUT2D eigenvalue weighted by Gasteiger charge is 2.15. The molecule has 0 aliphatic rings. The second-order valence-corrected chi connectivity index (χ2v) is 6.75. The molecular weight excluding hydrogens is 226 g/mol. The summed E-state index contributed by atoms with van der Waals surface area (Å²) < 4.78 is 0.202. The molecule has 0 aliphatic heterocycles. The van der Waals surface area contributed by atoms with Gasteiger partial charge in [-0.2, -0.15) is 0 Å². The summed E-state index contributed by atoms with van der Waals surface area (Å²) >= 11 is 8.01. The van der Waals surface area contributed by atoms with Gasteiger partial charge in [-0.05, 0) is 30.7 Å². The number of rotatable bonds is 3. The largest absolute Gasteiger partial charge is 0.330 e. The van der Waals surface area contributed by atoms with Crippen LogP contribution in [0.1, 0.15) is 26.3 Å². The molecule has 1 nitrogen and oxygen atoms in total. The van der Waals surface area contributed by atoms with Crippen molar-refractivity contribution in [2.24, 2.45) is 5.73 Å². The van der Waals surface area contributed by atoms with Gasteiger partial charge in [0.2, 0.25) is 0 Å². The molecule has 0 saturated heterocycles. The van der Waals surface area contributed by atoms with Gasteiger partial charge in [0.25, 0.3) is 0 Å². The lowest BCUT2D eigenvalue weighted by Gasteiger charge is -2.20.